The summed E-state index contributed by atoms with van der Waals surface area (Å²) in [6.45, 7) is 1.36. The van der Waals surface area contributed by atoms with Crippen LogP contribution in [0.1, 0.15) is 23.3 Å². The highest BCUT2D eigenvalue weighted by Gasteiger charge is 2.40. The summed E-state index contributed by atoms with van der Waals surface area (Å²) in [5.74, 6) is -2.52. The minimum Gasteiger partial charge on any atom is -0.459 e. The van der Waals surface area contributed by atoms with Crippen molar-refractivity contribution in [3.8, 4) is 0 Å². The maximum Gasteiger partial charge on any atom is 0.313 e. The van der Waals surface area contributed by atoms with Crippen LogP contribution in [0.3, 0.4) is 0 Å². The zero-order valence-corrected chi connectivity index (χ0v) is 19.3. The number of carbonyl (C=O) groups is 1. The summed E-state index contributed by atoms with van der Waals surface area (Å²) in [6, 6.07) is 14.9. The molecule has 0 spiro atoms. The molecule has 1 atom stereocenters. The third kappa shape index (κ3) is 4.68. The standard InChI is InChI=1S/C23H21FN6O4S/c1-15(12-21-27-13-17(24)14-28-21)35(32,33)30(23(25)26)29(22(31)20-10-5-11-34-20)19-9-4-7-16-6-2-3-8-18(16)19/h2-11,13-15H,12H2,1H3,(H3,25,26)/t15-/m1/s1. The molecule has 0 radical (unpaired) electrons. The van der Waals surface area contributed by atoms with Gasteiger partial charge in [0, 0.05) is 11.8 Å². The number of fused-ring (bicyclic) bond motifs is 1. The molecule has 0 aliphatic rings. The third-order valence-corrected chi connectivity index (χ3v) is 7.23. The molecule has 2 aromatic heterocycles. The highest BCUT2D eigenvalue weighted by molar-refractivity contribution is 7.90. The fraction of sp³-hybridized carbons (Fsp3) is 0.130. The summed E-state index contributed by atoms with van der Waals surface area (Å²) in [6.07, 6.45) is 2.90. The number of carbonyl (C=O) groups excluding carboxylic acids is 1. The van der Waals surface area contributed by atoms with Crippen molar-refractivity contribution >= 4 is 38.3 Å². The largest absolute Gasteiger partial charge is 0.459 e. The summed E-state index contributed by atoms with van der Waals surface area (Å²) in [4.78, 5) is 21.2. The number of hydrogen-bond donors (Lipinski definition) is 2. The van der Waals surface area contributed by atoms with E-state index in [4.69, 9.17) is 15.6 Å². The van der Waals surface area contributed by atoms with Gasteiger partial charge < -0.3 is 10.2 Å². The highest BCUT2D eigenvalue weighted by Crippen LogP contribution is 2.31. The van der Waals surface area contributed by atoms with E-state index < -0.39 is 33.0 Å². The Hall–Kier alpha value is -4.32. The van der Waals surface area contributed by atoms with E-state index in [9.17, 15) is 17.6 Å². The van der Waals surface area contributed by atoms with Gasteiger partial charge >= 0.3 is 5.91 Å². The van der Waals surface area contributed by atoms with Crippen molar-refractivity contribution in [2.45, 2.75) is 18.6 Å². The Balaban J connectivity index is 1.85. The van der Waals surface area contributed by atoms with Crippen molar-refractivity contribution in [3.05, 3.63) is 90.7 Å². The number of nitrogens with zero attached hydrogens (tertiary/aromatic N) is 4. The highest BCUT2D eigenvalue weighted by atomic mass is 32.2. The molecule has 4 aromatic rings. The third-order valence-electron chi connectivity index (χ3n) is 5.20. The van der Waals surface area contributed by atoms with Crippen molar-refractivity contribution in [2.24, 2.45) is 5.73 Å². The molecule has 1 amide bonds. The second kappa shape index (κ2) is 9.50. The molecule has 35 heavy (non-hydrogen) atoms. The number of halogens is 1. The molecule has 0 bridgehead atoms. The van der Waals surface area contributed by atoms with Crippen LogP contribution in [0.25, 0.3) is 10.8 Å². The molecule has 0 aliphatic heterocycles. The molecular formula is C23H21FN6O4S. The van der Waals surface area contributed by atoms with Crippen LogP contribution in [0.4, 0.5) is 10.1 Å². The van der Waals surface area contributed by atoms with Gasteiger partial charge in [-0.1, -0.05) is 36.4 Å². The number of nitrogens with two attached hydrogens (primary N) is 1. The minimum absolute atomic E-state index is 0.0695. The van der Waals surface area contributed by atoms with Gasteiger partial charge in [0.05, 0.1) is 29.6 Å². The molecule has 12 heteroatoms. The number of rotatable bonds is 6. The first kappa shape index (κ1) is 23.8. The second-order valence-electron chi connectivity index (χ2n) is 7.60. The van der Waals surface area contributed by atoms with E-state index in [2.05, 4.69) is 9.97 Å². The van der Waals surface area contributed by atoms with Gasteiger partial charge in [0.1, 0.15) is 5.82 Å². The van der Waals surface area contributed by atoms with Gasteiger partial charge in [0.2, 0.25) is 5.96 Å². The Labute approximate surface area is 200 Å². The lowest BCUT2D eigenvalue weighted by Gasteiger charge is -2.35. The number of hydrogen-bond acceptors (Lipinski definition) is 7. The van der Waals surface area contributed by atoms with Crippen LogP contribution in [0.15, 0.2) is 77.7 Å². The Kier molecular flexibility index (Phi) is 6.47. The maximum atomic E-state index is 13.7. The Morgan fingerprint density at radius 1 is 1.11 bits per heavy atom. The molecule has 0 saturated heterocycles. The SMILES string of the molecule is C[C@H](Cc1ncc(F)cn1)S(=O)(=O)N(C(=N)N)N(C(=O)c1ccco1)c1cccc2ccccc12. The maximum absolute atomic E-state index is 13.7. The number of amides is 1. The second-order valence-corrected chi connectivity index (χ2v) is 9.78. The van der Waals surface area contributed by atoms with E-state index in [1.807, 2.05) is 0 Å². The summed E-state index contributed by atoms with van der Waals surface area (Å²) in [5.41, 5.74) is 5.95. The van der Waals surface area contributed by atoms with Crippen molar-refractivity contribution in [2.75, 3.05) is 5.01 Å². The Bertz CT molecular complexity index is 1470. The molecule has 0 saturated carbocycles. The molecule has 3 N–H and O–H groups in total. The van der Waals surface area contributed by atoms with Crippen LogP contribution in [0, 0.1) is 11.2 Å². The fourth-order valence-electron chi connectivity index (χ4n) is 3.52. The number of nitrogens with one attached hydrogen (secondary N) is 1. The summed E-state index contributed by atoms with van der Waals surface area (Å²) in [5, 5.41) is 8.98. The zero-order chi connectivity index (χ0) is 25.2. The summed E-state index contributed by atoms with van der Waals surface area (Å²) >= 11 is 0. The Morgan fingerprint density at radius 2 is 1.80 bits per heavy atom. The monoisotopic (exact) mass is 496 g/mol. The molecule has 180 valence electrons. The minimum atomic E-state index is -4.49. The van der Waals surface area contributed by atoms with E-state index in [0.717, 1.165) is 22.8 Å². The predicted molar refractivity (Wildman–Crippen MR) is 127 cm³/mol. The lowest BCUT2D eigenvalue weighted by Crippen LogP contribution is -2.57. The topological polar surface area (TPSA) is 146 Å². The van der Waals surface area contributed by atoms with Crippen molar-refractivity contribution in [1.82, 2.24) is 14.4 Å². The lowest BCUT2D eigenvalue weighted by molar-refractivity contribution is 0.0932. The number of hydrazine groups is 1. The lowest BCUT2D eigenvalue weighted by atomic mass is 10.1. The van der Waals surface area contributed by atoms with Crippen LogP contribution in [0.2, 0.25) is 0 Å². The first-order valence-electron chi connectivity index (χ1n) is 10.4. The van der Waals surface area contributed by atoms with Crippen LogP contribution in [-0.4, -0.2) is 39.9 Å². The predicted octanol–water partition coefficient (Wildman–Crippen LogP) is 3.08. The van der Waals surface area contributed by atoms with Crippen molar-refractivity contribution in [1.29, 1.82) is 5.41 Å². The van der Waals surface area contributed by atoms with Crippen LogP contribution in [-0.2, 0) is 16.4 Å². The normalized spacial score (nSPS) is 12.3. The van der Waals surface area contributed by atoms with Gasteiger partial charge in [-0.25, -0.2) is 22.8 Å². The van der Waals surface area contributed by atoms with Gasteiger partial charge in [0.15, 0.2) is 11.6 Å². The van der Waals surface area contributed by atoms with Crippen LogP contribution in [0.5, 0.6) is 0 Å². The number of aromatic nitrogens is 2. The van der Waals surface area contributed by atoms with Crippen LogP contribution < -0.4 is 10.7 Å². The number of anilines is 1. The first-order valence-corrected chi connectivity index (χ1v) is 11.9. The number of furan rings is 1. The fourth-order valence-corrected chi connectivity index (χ4v) is 4.89. The molecule has 0 aliphatic carbocycles. The van der Waals surface area contributed by atoms with E-state index >= 15 is 0 Å². The molecule has 2 heterocycles. The quantitative estimate of drug-likeness (QED) is 0.237. The molecular weight excluding hydrogens is 475 g/mol. The molecule has 0 unspecified atom stereocenters. The first-order chi connectivity index (χ1) is 16.7. The van der Waals surface area contributed by atoms with E-state index in [0.29, 0.717) is 9.80 Å². The zero-order valence-electron chi connectivity index (χ0n) is 18.5. The average Bonchev–Trinajstić information content (AvgIpc) is 3.38. The molecule has 4 rings (SSSR count). The summed E-state index contributed by atoms with van der Waals surface area (Å²) < 4.78 is 46.3. The van der Waals surface area contributed by atoms with E-state index in [-0.39, 0.29) is 23.7 Å². The van der Waals surface area contributed by atoms with Gasteiger partial charge in [-0.3, -0.25) is 10.2 Å². The average molecular weight is 497 g/mol. The smallest absolute Gasteiger partial charge is 0.313 e. The molecule has 0 fully saturated rings. The number of guanidine groups is 1. The van der Waals surface area contributed by atoms with E-state index in [1.165, 1.54) is 25.3 Å². The van der Waals surface area contributed by atoms with Gasteiger partial charge in [-0.15, -0.1) is 4.41 Å². The van der Waals surface area contributed by atoms with Gasteiger partial charge in [-0.2, -0.15) is 5.01 Å². The van der Waals surface area contributed by atoms with Gasteiger partial charge in [0.25, 0.3) is 10.0 Å². The molecule has 10 nitrogen and oxygen atoms in total. The Morgan fingerprint density at radius 3 is 2.46 bits per heavy atom. The molecule has 2 aromatic carbocycles. The van der Waals surface area contributed by atoms with E-state index in [1.54, 1.807) is 42.5 Å². The van der Waals surface area contributed by atoms with Crippen LogP contribution >= 0.6 is 0 Å². The summed E-state index contributed by atoms with van der Waals surface area (Å²) in [7, 11) is -4.49. The number of sulfonamides is 1. The van der Waals surface area contributed by atoms with Crippen molar-refractivity contribution < 1.29 is 22.0 Å². The van der Waals surface area contributed by atoms with Crippen molar-refractivity contribution in [3.63, 3.8) is 0 Å². The number of benzene rings is 2. The van der Waals surface area contributed by atoms with Gasteiger partial charge in [-0.05, 0) is 30.5 Å².